The largest absolute Gasteiger partial charge is 0.480 e. The molecule has 0 radical (unpaired) electrons. The van der Waals surface area contributed by atoms with Crippen molar-refractivity contribution in [2.75, 3.05) is 11.9 Å². The normalized spacial score (nSPS) is 11.4. The van der Waals surface area contributed by atoms with Crippen LogP contribution in [0, 0.1) is 0 Å². The lowest BCUT2D eigenvalue weighted by Crippen LogP contribution is -2.45. The summed E-state index contributed by atoms with van der Waals surface area (Å²) in [6.45, 7) is -0.732. The summed E-state index contributed by atoms with van der Waals surface area (Å²) >= 11 is 0. The molecule has 6 N–H and O–H groups in total. The quantitative estimate of drug-likeness (QED) is 0.482. The molecule has 0 bridgehead atoms. The third kappa shape index (κ3) is 4.28. The zero-order valence-electron chi connectivity index (χ0n) is 9.79. The summed E-state index contributed by atoms with van der Waals surface area (Å²) in [6, 6.07) is 3.61. The Hall–Kier alpha value is -2.61. The first kappa shape index (κ1) is 14.5. The van der Waals surface area contributed by atoms with Gasteiger partial charge in [-0.25, -0.2) is 9.59 Å². The Morgan fingerprint density at radius 2 is 2.00 bits per heavy atom. The molecule has 1 aromatic rings. The van der Waals surface area contributed by atoms with Gasteiger partial charge >= 0.3 is 12.0 Å². The highest BCUT2D eigenvalue weighted by molar-refractivity contribution is 5.96. The molecule has 3 amide bonds. The monoisotopic (exact) mass is 267 g/mol. The second kappa shape index (κ2) is 6.36. The van der Waals surface area contributed by atoms with Crippen molar-refractivity contribution >= 4 is 23.6 Å². The van der Waals surface area contributed by atoms with Gasteiger partial charge in [0.05, 0.1) is 6.61 Å². The maximum atomic E-state index is 11.5. The predicted molar refractivity (Wildman–Crippen MR) is 65.6 cm³/mol. The first-order chi connectivity index (χ1) is 8.93. The maximum Gasteiger partial charge on any atom is 0.328 e. The van der Waals surface area contributed by atoms with Gasteiger partial charge in [0.15, 0.2) is 6.04 Å². The highest BCUT2D eigenvalue weighted by atomic mass is 16.4. The minimum absolute atomic E-state index is 0.203. The van der Waals surface area contributed by atoms with Crippen molar-refractivity contribution in [1.82, 2.24) is 5.32 Å². The summed E-state index contributed by atoms with van der Waals surface area (Å²) in [5, 5.41) is 21.8. The van der Waals surface area contributed by atoms with E-state index in [1.165, 1.54) is 24.3 Å². The Labute approximate surface area is 108 Å². The summed E-state index contributed by atoms with van der Waals surface area (Å²) in [5.74, 6) is -2.01. The van der Waals surface area contributed by atoms with E-state index >= 15 is 0 Å². The molecule has 1 rings (SSSR count). The van der Waals surface area contributed by atoms with Crippen molar-refractivity contribution in [2.24, 2.45) is 5.73 Å². The van der Waals surface area contributed by atoms with Gasteiger partial charge in [0, 0.05) is 11.3 Å². The standard InChI is InChI=1S/C11H13N3O5/c12-9(16)6-2-1-3-7(4-6)13-11(19)14-8(5-15)10(17)18/h1-4,8,15H,5H2,(H2,12,16)(H,17,18)(H2,13,14,19)/t8-/m0/s1. The number of carbonyl (C=O) groups is 3. The van der Waals surface area contributed by atoms with Crippen LogP contribution in [0.1, 0.15) is 10.4 Å². The molecule has 0 aliphatic rings. The minimum atomic E-state index is -1.40. The van der Waals surface area contributed by atoms with Gasteiger partial charge in [-0.05, 0) is 18.2 Å². The first-order valence-electron chi connectivity index (χ1n) is 5.25. The lowest BCUT2D eigenvalue weighted by atomic mass is 10.2. The number of carboxylic acids is 1. The molecule has 0 saturated heterocycles. The van der Waals surface area contributed by atoms with Gasteiger partial charge in [-0.3, -0.25) is 4.79 Å². The highest BCUT2D eigenvalue weighted by Gasteiger charge is 2.18. The molecular weight excluding hydrogens is 254 g/mol. The van der Waals surface area contributed by atoms with E-state index in [1.807, 2.05) is 5.32 Å². The number of nitrogens with two attached hydrogens (primary N) is 1. The Kier molecular flexibility index (Phi) is 4.84. The van der Waals surface area contributed by atoms with Crippen LogP contribution in [0.3, 0.4) is 0 Å². The Morgan fingerprint density at radius 3 is 2.53 bits per heavy atom. The average molecular weight is 267 g/mol. The molecule has 0 fully saturated rings. The Morgan fingerprint density at radius 1 is 1.32 bits per heavy atom. The fourth-order valence-corrected chi connectivity index (χ4v) is 1.26. The highest BCUT2D eigenvalue weighted by Crippen LogP contribution is 2.09. The number of aliphatic carboxylic acids is 1. The van der Waals surface area contributed by atoms with Crippen LogP contribution >= 0.6 is 0 Å². The van der Waals surface area contributed by atoms with Gasteiger partial charge in [0.1, 0.15) is 0 Å². The number of carboxylic acid groups (broad SMARTS) is 1. The van der Waals surface area contributed by atoms with E-state index in [0.29, 0.717) is 0 Å². The van der Waals surface area contributed by atoms with Gasteiger partial charge in [-0.1, -0.05) is 6.07 Å². The van der Waals surface area contributed by atoms with Crippen molar-refractivity contribution in [3.8, 4) is 0 Å². The molecule has 8 heteroatoms. The van der Waals surface area contributed by atoms with E-state index in [-0.39, 0.29) is 11.3 Å². The molecule has 0 aliphatic carbocycles. The SMILES string of the molecule is NC(=O)c1cccc(NC(=O)N[C@@H](CO)C(=O)O)c1. The van der Waals surface area contributed by atoms with E-state index < -0.39 is 30.6 Å². The number of primary amides is 1. The van der Waals surface area contributed by atoms with Crippen LogP contribution in [0.5, 0.6) is 0 Å². The molecule has 0 aliphatic heterocycles. The fourth-order valence-electron chi connectivity index (χ4n) is 1.26. The zero-order chi connectivity index (χ0) is 14.4. The van der Waals surface area contributed by atoms with Crippen LogP contribution in [0.4, 0.5) is 10.5 Å². The first-order valence-corrected chi connectivity index (χ1v) is 5.25. The molecule has 1 atom stereocenters. The van der Waals surface area contributed by atoms with Crippen LogP contribution in [0.15, 0.2) is 24.3 Å². The summed E-state index contributed by atoms with van der Waals surface area (Å²) in [4.78, 5) is 33.0. The molecule has 0 heterocycles. The van der Waals surface area contributed by atoms with Crippen molar-refractivity contribution in [3.63, 3.8) is 0 Å². The van der Waals surface area contributed by atoms with Crippen molar-refractivity contribution < 1.29 is 24.6 Å². The number of aliphatic hydroxyl groups is 1. The van der Waals surface area contributed by atoms with E-state index in [2.05, 4.69) is 5.32 Å². The molecule has 1 aromatic carbocycles. The number of anilines is 1. The Balaban J connectivity index is 2.69. The molecule has 0 spiro atoms. The lowest BCUT2D eigenvalue weighted by Gasteiger charge is -2.12. The topological polar surface area (TPSA) is 142 Å². The minimum Gasteiger partial charge on any atom is -0.480 e. The Bertz CT molecular complexity index is 503. The number of rotatable bonds is 5. The third-order valence-corrected chi connectivity index (χ3v) is 2.19. The van der Waals surface area contributed by atoms with Gasteiger partial charge < -0.3 is 26.6 Å². The van der Waals surface area contributed by atoms with Crippen LogP contribution in [0.2, 0.25) is 0 Å². The summed E-state index contributed by atoms with van der Waals surface area (Å²) in [6.07, 6.45) is 0. The lowest BCUT2D eigenvalue weighted by molar-refractivity contribution is -0.140. The molecule has 102 valence electrons. The van der Waals surface area contributed by atoms with Crippen molar-refractivity contribution in [1.29, 1.82) is 0 Å². The number of urea groups is 1. The second-order valence-electron chi connectivity index (χ2n) is 3.62. The molecule has 0 saturated carbocycles. The van der Waals surface area contributed by atoms with E-state index in [1.54, 1.807) is 0 Å². The number of benzene rings is 1. The summed E-state index contributed by atoms with van der Waals surface area (Å²) in [7, 11) is 0. The van der Waals surface area contributed by atoms with Crippen LogP contribution in [-0.2, 0) is 4.79 Å². The zero-order valence-corrected chi connectivity index (χ0v) is 9.79. The van der Waals surface area contributed by atoms with Crippen LogP contribution in [-0.4, -0.2) is 40.8 Å². The number of hydrogen-bond acceptors (Lipinski definition) is 4. The van der Waals surface area contributed by atoms with Gasteiger partial charge in [0.2, 0.25) is 5.91 Å². The molecule has 0 aromatic heterocycles. The average Bonchev–Trinajstić information content (AvgIpc) is 2.35. The van der Waals surface area contributed by atoms with E-state index in [9.17, 15) is 14.4 Å². The maximum absolute atomic E-state index is 11.5. The number of hydrogen-bond donors (Lipinski definition) is 5. The van der Waals surface area contributed by atoms with Gasteiger partial charge in [-0.2, -0.15) is 0 Å². The summed E-state index contributed by atoms with van der Waals surface area (Å²) in [5.41, 5.74) is 5.55. The third-order valence-electron chi connectivity index (χ3n) is 2.19. The van der Waals surface area contributed by atoms with Gasteiger partial charge in [0.25, 0.3) is 0 Å². The van der Waals surface area contributed by atoms with Crippen molar-refractivity contribution in [2.45, 2.75) is 6.04 Å². The smallest absolute Gasteiger partial charge is 0.328 e. The molecular formula is C11H13N3O5. The van der Waals surface area contributed by atoms with E-state index in [0.717, 1.165) is 0 Å². The number of nitrogens with one attached hydrogen (secondary N) is 2. The number of aliphatic hydroxyl groups excluding tert-OH is 1. The predicted octanol–water partition coefficient (Wildman–Crippen LogP) is -0.647. The van der Waals surface area contributed by atoms with Crippen LogP contribution < -0.4 is 16.4 Å². The second-order valence-corrected chi connectivity index (χ2v) is 3.62. The molecule has 0 unspecified atom stereocenters. The van der Waals surface area contributed by atoms with Crippen LogP contribution in [0.25, 0.3) is 0 Å². The van der Waals surface area contributed by atoms with Gasteiger partial charge in [-0.15, -0.1) is 0 Å². The molecule has 8 nitrogen and oxygen atoms in total. The summed E-state index contributed by atoms with van der Waals surface area (Å²) < 4.78 is 0. The van der Waals surface area contributed by atoms with E-state index in [4.69, 9.17) is 15.9 Å². The molecule has 19 heavy (non-hydrogen) atoms. The fraction of sp³-hybridized carbons (Fsp3) is 0.182. The number of amides is 3. The number of carbonyl (C=O) groups excluding carboxylic acids is 2. The van der Waals surface area contributed by atoms with Crippen molar-refractivity contribution in [3.05, 3.63) is 29.8 Å².